The number of rotatable bonds is 9. The SMILES string of the molecule is CCCOc1nc(N)c2ncc(Cc3cnc(N4CCN(C(O)CNC)CC4)c(C)c3)n2n1. The predicted octanol–water partition coefficient (Wildman–Crippen LogP) is 0.449. The first kappa shape index (κ1) is 23.1. The Morgan fingerprint density at radius 3 is 2.70 bits per heavy atom. The van der Waals surface area contributed by atoms with Gasteiger partial charge in [0.2, 0.25) is 0 Å². The molecule has 1 aliphatic rings. The molecule has 4 N–H and O–H groups in total. The summed E-state index contributed by atoms with van der Waals surface area (Å²) in [4.78, 5) is 17.7. The van der Waals surface area contributed by atoms with Gasteiger partial charge in [0.15, 0.2) is 11.5 Å². The van der Waals surface area contributed by atoms with E-state index in [1.807, 2.05) is 20.2 Å². The summed E-state index contributed by atoms with van der Waals surface area (Å²) in [6.07, 6.45) is 4.69. The van der Waals surface area contributed by atoms with Crippen LogP contribution >= 0.6 is 0 Å². The highest BCUT2D eigenvalue weighted by molar-refractivity contribution is 5.60. The topological polar surface area (TPSA) is 130 Å². The van der Waals surface area contributed by atoms with Gasteiger partial charge < -0.3 is 25.8 Å². The van der Waals surface area contributed by atoms with Crippen molar-refractivity contribution < 1.29 is 9.84 Å². The fourth-order valence-electron chi connectivity index (χ4n) is 4.11. The number of hydrogen-bond acceptors (Lipinski definition) is 10. The zero-order valence-corrected chi connectivity index (χ0v) is 19.5. The van der Waals surface area contributed by atoms with Gasteiger partial charge in [0.1, 0.15) is 12.0 Å². The standard InChI is InChI=1S/C22H33N9O2/c1-4-9-33-22-27-19(23)21-26-13-17(31(21)28-22)11-16-10-15(2)20(25-12-16)30-7-5-29(6-8-30)18(32)14-24-3/h10,12-13,18,24,32H,4-9,11,14H2,1-3H3,(H2,23,27,28). The van der Waals surface area contributed by atoms with Crippen LogP contribution in [0.25, 0.3) is 5.65 Å². The Labute approximate surface area is 193 Å². The molecule has 0 amide bonds. The Hall–Kier alpha value is -3.02. The van der Waals surface area contributed by atoms with Crippen LogP contribution in [0.2, 0.25) is 0 Å². The second-order valence-corrected chi connectivity index (χ2v) is 8.34. The third-order valence-electron chi connectivity index (χ3n) is 5.79. The molecule has 0 aliphatic carbocycles. The van der Waals surface area contributed by atoms with Crippen molar-refractivity contribution in [2.75, 3.05) is 57.0 Å². The summed E-state index contributed by atoms with van der Waals surface area (Å²) in [7, 11) is 1.85. The molecule has 11 nitrogen and oxygen atoms in total. The third-order valence-corrected chi connectivity index (χ3v) is 5.79. The molecule has 4 heterocycles. The lowest BCUT2D eigenvalue weighted by Crippen LogP contribution is -2.53. The molecule has 0 bridgehead atoms. The van der Waals surface area contributed by atoms with Crippen LogP contribution in [-0.4, -0.2) is 87.2 Å². The number of nitrogens with one attached hydrogen (secondary N) is 1. The van der Waals surface area contributed by atoms with Crippen molar-refractivity contribution in [3.8, 4) is 6.01 Å². The fourth-order valence-corrected chi connectivity index (χ4v) is 4.11. The Morgan fingerprint density at radius 1 is 1.21 bits per heavy atom. The molecule has 0 aromatic carbocycles. The Balaban J connectivity index is 1.47. The molecule has 1 aliphatic heterocycles. The van der Waals surface area contributed by atoms with Crippen molar-refractivity contribution >= 4 is 17.3 Å². The van der Waals surface area contributed by atoms with Gasteiger partial charge in [-0.3, -0.25) is 4.90 Å². The number of pyridine rings is 1. The van der Waals surface area contributed by atoms with Crippen LogP contribution < -0.4 is 20.7 Å². The zero-order valence-electron chi connectivity index (χ0n) is 19.5. The number of piperazine rings is 1. The van der Waals surface area contributed by atoms with Gasteiger partial charge in [-0.2, -0.15) is 4.98 Å². The number of aliphatic hydroxyl groups excluding tert-OH is 1. The van der Waals surface area contributed by atoms with E-state index in [-0.39, 0.29) is 6.01 Å². The van der Waals surface area contributed by atoms with Crippen molar-refractivity contribution in [1.29, 1.82) is 0 Å². The average molecular weight is 456 g/mol. The highest BCUT2D eigenvalue weighted by Gasteiger charge is 2.23. The van der Waals surface area contributed by atoms with Gasteiger partial charge in [-0.15, -0.1) is 5.10 Å². The summed E-state index contributed by atoms with van der Waals surface area (Å²) in [5.74, 6) is 1.28. The Bertz CT molecular complexity index is 1080. The van der Waals surface area contributed by atoms with Gasteiger partial charge in [0.05, 0.1) is 18.5 Å². The maximum atomic E-state index is 10.2. The van der Waals surface area contributed by atoms with Gasteiger partial charge >= 0.3 is 6.01 Å². The number of anilines is 2. The molecular formula is C22H33N9O2. The molecular weight excluding hydrogens is 422 g/mol. The van der Waals surface area contributed by atoms with Crippen molar-refractivity contribution in [2.45, 2.75) is 32.9 Å². The van der Waals surface area contributed by atoms with E-state index in [0.29, 0.717) is 31.0 Å². The summed E-state index contributed by atoms with van der Waals surface area (Å²) >= 11 is 0. The number of aryl methyl sites for hydroxylation is 1. The van der Waals surface area contributed by atoms with Gasteiger partial charge in [0.25, 0.3) is 0 Å². The molecule has 11 heteroatoms. The highest BCUT2D eigenvalue weighted by atomic mass is 16.5. The van der Waals surface area contributed by atoms with E-state index in [0.717, 1.165) is 55.2 Å². The molecule has 1 atom stereocenters. The largest absolute Gasteiger partial charge is 0.462 e. The van der Waals surface area contributed by atoms with E-state index in [2.05, 4.69) is 43.2 Å². The molecule has 1 unspecified atom stereocenters. The lowest BCUT2D eigenvalue weighted by Gasteiger charge is -2.38. The number of aromatic nitrogens is 5. The number of aliphatic hydroxyl groups is 1. The number of nitrogens with two attached hydrogens (primary N) is 1. The number of nitrogen functional groups attached to an aromatic ring is 1. The zero-order chi connectivity index (χ0) is 23.4. The van der Waals surface area contributed by atoms with Crippen LogP contribution in [0.15, 0.2) is 18.5 Å². The summed E-state index contributed by atoms with van der Waals surface area (Å²) < 4.78 is 7.27. The molecule has 3 aromatic heterocycles. The number of ether oxygens (including phenoxy) is 1. The normalized spacial score (nSPS) is 15.8. The first-order chi connectivity index (χ1) is 16.0. The molecule has 0 spiro atoms. The fraction of sp³-hybridized carbons (Fsp3) is 0.545. The minimum atomic E-state index is -0.454. The van der Waals surface area contributed by atoms with E-state index in [9.17, 15) is 5.11 Å². The van der Waals surface area contributed by atoms with Crippen molar-refractivity contribution in [2.24, 2.45) is 0 Å². The van der Waals surface area contributed by atoms with Crippen LogP contribution in [0.5, 0.6) is 6.01 Å². The predicted molar refractivity (Wildman–Crippen MR) is 126 cm³/mol. The van der Waals surface area contributed by atoms with Gasteiger partial charge in [-0.05, 0) is 31.5 Å². The van der Waals surface area contributed by atoms with E-state index in [1.165, 1.54) is 0 Å². The quantitative estimate of drug-likeness (QED) is 0.418. The lowest BCUT2D eigenvalue weighted by molar-refractivity contribution is 0.00272. The number of nitrogens with zero attached hydrogens (tertiary/aromatic N) is 7. The molecule has 0 saturated carbocycles. The van der Waals surface area contributed by atoms with Gasteiger partial charge in [-0.25, -0.2) is 14.5 Å². The van der Waals surface area contributed by atoms with Gasteiger partial charge in [-0.1, -0.05) is 13.0 Å². The first-order valence-corrected chi connectivity index (χ1v) is 11.4. The monoisotopic (exact) mass is 455 g/mol. The summed E-state index contributed by atoms with van der Waals surface area (Å²) in [5.41, 5.74) is 9.65. The maximum absolute atomic E-state index is 10.2. The van der Waals surface area contributed by atoms with E-state index in [4.69, 9.17) is 15.5 Å². The average Bonchev–Trinajstić information content (AvgIpc) is 3.21. The van der Waals surface area contributed by atoms with Crippen molar-refractivity contribution in [3.05, 3.63) is 35.3 Å². The van der Waals surface area contributed by atoms with Crippen molar-refractivity contribution in [1.82, 2.24) is 34.8 Å². The maximum Gasteiger partial charge on any atom is 0.336 e. The first-order valence-electron chi connectivity index (χ1n) is 11.4. The molecule has 33 heavy (non-hydrogen) atoms. The number of fused-ring (bicyclic) bond motifs is 1. The second kappa shape index (κ2) is 10.3. The van der Waals surface area contributed by atoms with E-state index >= 15 is 0 Å². The molecule has 1 fully saturated rings. The summed E-state index contributed by atoms with van der Waals surface area (Å²) in [6, 6.07) is 2.41. The lowest BCUT2D eigenvalue weighted by atomic mass is 10.1. The van der Waals surface area contributed by atoms with E-state index in [1.54, 1.807) is 10.7 Å². The van der Waals surface area contributed by atoms with Crippen LogP contribution in [0.1, 0.15) is 30.2 Å². The highest BCUT2D eigenvalue weighted by Crippen LogP contribution is 2.22. The second-order valence-electron chi connectivity index (χ2n) is 8.34. The molecule has 3 aromatic rings. The smallest absolute Gasteiger partial charge is 0.336 e. The minimum absolute atomic E-state index is 0.254. The number of likely N-dealkylation sites (N-methyl/N-ethyl adjacent to an activating group) is 1. The number of hydrogen-bond donors (Lipinski definition) is 3. The Kier molecular flexibility index (Phi) is 7.21. The molecule has 1 saturated heterocycles. The molecule has 178 valence electrons. The van der Waals surface area contributed by atoms with Crippen molar-refractivity contribution in [3.63, 3.8) is 0 Å². The van der Waals surface area contributed by atoms with Crippen LogP contribution in [-0.2, 0) is 6.42 Å². The number of imidazole rings is 1. The van der Waals surface area contributed by atoms with E-state index < -0.39 is 6.23 Å². The Morgan fingerprint density at radius 2 is 2.00 bits per heavy atom. The minimum Gasteiger partial charge on any atom is -0.462 e. The summed E-state index contributed by atoms with van der Waals surface area (Å²) in [6.45, 7) is 8.47. The molecule has 4 rings (SSSR count). The van der Waals surface area contributed by atoms with Gasteiger partial charge in [0, 0.05) is 45.3 Å². The van der Waals surface area contributed by atoms with Crippen LogP contribution in [0.3, 0.4) is 0 Å². The molecule has 0 radical (unpaired) electrons. The van der Waals surface area contributed by atoms with Crippen LogP contribution in [0, 0.1) is 6.92 Å². The third kappa shape index (κ3) is 5.15. The summed E-state index contributed by atoms with van der Waals surface area (Å²) in [5, 5.41) is 17.7. The van der Waals surface area contributed by atoms with Crippen LogP contribution in [0.4, 0.5) is 11.6 Å².